The normalized spacial score (nSPS) is 19.1. The molecule has 0 spiro atoms. The highest BCUT2D eigenvalue weighted by Gasteiger charge is 2.34. The maximum atomic E-state index is 13.4. The molecular formula is C29H28N6O4S. The molecule has 0 bridgehead atoms. The highest BCUT2D eigenvalue weighted by Crippen LogP contribution is 2.47. The lowest BCUT2D eigenvalue weighted by molar-refractivity contribution is -0.117. The molecule has 1 aliphatic heterocycles. The number of anilines is 3. The Labute approximate surface area is 234 Å². The highest BCUT2D eigenvalue weighted by molar-refractivity contribution is 7.19. The van der Waals surface area contributed by atoms with Crippen LogP contribution in [-0.4, -0.2) is 39.1 Å². The van der Waals surface area contributed by atoms with Crippen molar-refractivity contribution in [2.75, 3.05) is 10.2 Å². The van der Waals surface area contributed by atoms with Gasteiger partial charge in [-0.1, -0.05) is 25.5 Å². The van der Waals surface area contributed by atoms with E-state index in [2.05, 4.69) is 32.5 Å². The Bertz CT molecular complexity index is 1560. The average molecular weight is 557 g/mol. The minimum absolute atomic E-state index is 0.122. The third-order valence-electron chi connectivity index (χ3n) is 7.13. The smallest absolute Gasteiger partial charge is 0.331 e. The van der Waals surface area contributed by atoms with Crippen LogP contribution in [-0.2, 0) is 4.79 Å². The van der Waals surface area contributed by atoms with E-state index in [4.69, 9.17) is 4.74 Å². The molecule has 3 atom stereocenters. The molecule has 11 heteroatoms. The lowest BCUT2D eigenvalue weighted by Gasteiger charge is -2.34. The Morgan fingerprint density at radius 1 is 1.12 bits per heavy atom. The van der Waals surface area contributed by atoms with Gasteiger partial charge in [-0.3, -0.25) is 15.0 Å². The molecule has 1 aromatic carbocycles. The Morgan fingerprint density at radius 2 is 1.93 bits per heavy atom. The fourth-order valence-corrected chi connectivity index (χ4v) is 6.34. The molecule has 1 saturated carbocycles. The van der Waals surface area contributed by atoms with Crippen molar-refractivity contribution in [1.29, 1.82) is 0 Å². The summed E-state index contributed by atoms with van der Waals surface area (Å²) in [6, 6.07) is 13.8. The zero-order chi connectivity index (χ0) is 27.6. The van der Waals surface area contributed by atoms with Crippen LogP contribution in [0, 0.1) is 0 Å². The van der Waals surface area contributed by atoms with Gasteiger partial charge >= 0.3 is 6.03 Å². The van der Waals surface area contributed by atoms with Crippen molar-refractivity contribution in [2.24, 2.45) is 0 Å². The number of thiophene rings is 1. The van der Waals surface area contributed by atoms with Gasteiger partial charge in [0.05, 0.1) is 27.3 Å². The van der Waals surface area contributed by atoms with Crippen molar-refractivity contribution >= 4 is 50.6 Å². The number of aliphatic hydroxyl groups is 1. The molecule has 204 valence electrons. The number of ether oxygens (including phenoxy) is 1. The quantitative estimate of drug-likeness (QED) is 0.170. The van der Waals surface area contributed by atoms with E-state index in [1.165, 1.54) is 17.4 Å². The van der Waals surface area contributed by atoms with Gasteiger partial charge in [0.25, 0.3) is 0 Å². The van der Waals surface area contributed by atoms with Crippen LogP contribution < -0.4 is 25.6 Å². The summed E-state index contributed by atoms with van der Waals surface area (Å²) in [6.45, 7) is 3.54. The first kappa shape index (κ1) is 25.9. The van der Waals surface area contributed by atoms with Gasteiger partial charge in [-0.05, 0) is 55.3 Å². The van der Waals surface area contributed by atoms with Crippen LogP contribution in [0.4, 0.5) is 21.9 Å². The fourth-order valence-electron chi connectivity index (χ4n) is 5.27. The van der Waals surface area contributed by atoms with Gasteiger partial charge in [-0.25, -0.2) is 14.8 Å². The predicted octanol–water partition coefficient (Wildman–Crippen LogP) is 5.36. The second-order valence-corrected chi connectivity index (χ2v) is 10.7. The zero-order valence-corrected chi connectivity index (χ0v) is 22.4. The molecule has 3 amide bonds. The van der Waals surface area contributed by atoms with E-state index >= 15 is 0 Å². The van der Waals surface area contributed by atoms with Crippen LogP contribution in [0.3, 0.4) is 0 Å². The Balaban J connectivity index is 1.27. The highest BCUT2D eigenvalue weighted by atomic mass is 32.1. The average Bonchev–Trinajstić information content (AvgIpc) is 3.35. The van der Waals surface area contributed by atoms with E-state index in [0.29, 0.717) is 38.4 Å². The first-order valence-corrected chi connectivity index (χ1v) is 13.9. The number of pyridine rings is 2. The van der Waals surface area contributed by atoms with Crippen molar-refractivity contribution in [3.05, 3.63) is 78.5 Å². The van der Waals surface area contributed by atoms with Crippen molar-refractivity contribution in [3.63, 3.8) is 0 Å². The monoisotopic (exact) mass is 556 g/mol. The second kappa shape index (κ2) is 11.0. The van der Waals surface area contributed by atoms with Crippen LogP contribution in [0.2, 0.25) is 0 Å². The summed E-state index contributed by atoms with van der Waals surface area (Å²) in [5.41, 5.74) is 1.87. The van der Waals surface area contributed by atoms with Crippen LogP contribution in [0.1, 0.15) is 36.8 Å². The number of aliphatic hydroxyl groups excluding tert-OH is 1. The molecule has 40 heavy (non-hydrogen) atoms. The van der Waals surface area contributed by atoms with Crippen LogP contribution in [0.15, 0.2) is 73.6 Å². The summed E-state index contributed by atoms with van der Waals surface area (Å²) in [7, 11) is 0. The number of benzene rings is 1. The van der Waals surface area contributed by atoms with E-state index in [-0.39, 0.29) is 24.0 Å². The Kier molecular flexibility index (Phi) is 7.16. The summed E-state index contributed by atoms with van der Waals surface area (Å²) < 4.78 is 5.79. The molecule has 1 fully saturated rings. The number of urea groups is 1. The van der Waals surface area contributed by atoms with Gasteiger partial charge in [0.2, 0.25) is 11.8 Å². The third-order valence-corrected chi connectivity index (χ3v) is 8.28. The molecule has 6 rings (SSSR count). The number of nitrogens with one attached hydrogen (secondary N) is 3. The number of aromatic nitrogens is 2. The number of carbonyl (C=O) groups is 2. The molecule has 3 aromatic heterocycles. The number of hydrogen-bond donors (Lipinski definition) is 4. The molecule has 4 N–H and O–H groups in total. The predicted molar refractivity (Wildman–Crippen MR) is 154 cm³/mol. The second-order valence-electron chi connectivity index (χ2n) is 9.66. The molecule has 10 nitrogen and oxygen atoms in total. The third kappa shape index (κ3) is 5.02. The Hall–Kier alpha value is -4.32. The SMILES string of the molecule is C=CC(=O)N[C@H]1CCCC[C@H]1NC(O)c1sc2nccc3c2c1NC(=O)N3c1ccc(Oc2ccccn2)cc1. The largest absolute Gasteiger partial charge is 0.439 e. The van der Waals surface area contributed by atoms with Gasteiger partial charge in [0, 0.05) is 30.5 Å². The van der Waals surface area contributed by atoms with E-state index in [9.17, 15) is 14.7 Å². The number of nitrogens with zero attached hydrogens (tertiary/aromatic N) is 3. The van der Waals surface area contributed by atoms with Crippen molar-refractivity contribution in [1.82, 2.24) is 20.6 Å². The van der Waals surface area contributed by atoms with Gasteiger partial charge in [0.15, 0.2) is 0 Å². The van der Waals surface area contributed by atoms with Crippen LogP contribution in [0.5, 0.6) is 11.6 Å². The van der Waals surface area contributed by atoms with Crippen molar-refractivity contribution in [3.8, 4) is 11.6 Å². The number of carbonyl (C=O) groups excluding carboxylic acids is 2. The first-order chi connectivity index (χ1) is 19.5. The van der Waals surface area contributed by atoms with Crippen LogP contribution >= 0.6 is 11.3 Å². The number of amides is 3. The fraction of sp³-hybridized carbons (Fsp3) is 0.241. The summed E-state index contributed by atoms with van der Waals surface area (Å²) in [6.07, 6.45) is 7.14. The first-order valence-electron chi connectivity index (χ1n) is 13.1. The molecule has 1 unspecified atom stereocenters. The molecule has 2 aliphatic rings. The molecule has 0 saturated heterocycles. The molecule has 1 aliphatic carbocycles. The lowest BCUT2D eigenvalue weighted by atomic mass is 9.90. The molecule has 4 aromatic rings. The standard InChI is InChI=1S/C29H28N6O4S/c1-2-22(36)32-19-7-3-4-8-20(19)33-27(37)26-25-24-21(14-16-31-28(24)40-26)35(29(38)34-25)17-10-12-18(13-11-17)39-23-9-5-6-15-30-23/h2,5-6,9-16,19-20,27,33,37H,1,3-4,7-8H2,(H,32,36)(H,34,38)/t19-,20+,27?/m0/s1. The maximum absolute atomic E-state index is 13.4. The minimum atomic E-state index is -1.05. The summed E-state index contributed by atoms with van der Waals surface area (Å²) in [5, 5.41) is 21.3. The van der Waals surface area contributed by atoms with E-state index < -0.39 is 6.23 Å². The molecule has 4 heterocycles. The molecule has 0 radical (unpaired) electrons. The summed E-state index contributed by atoms with van der Waals surface area (Å²) >= 11 is 1.33. The van der Waals surface area contributed by atoms with Crippen LogP contribution in [0.25, 0.3) is 10.2 Å². The van der Waals surface area contributed by atoms with Crippen molar-refractivity contribution < 1.29 is 19.4 Å². The van der Waals surface area contributed by atoms with Gasteiger partial charge in [0.1, 0.15) is 16.8 Å². The summed E-state index contributed by atoms with van der Waals surface area (Å²) in [4.78, 5) is 36.9. The minimum Gasteiger partial charge on any atom is -0.439 e. The van der Waals surface area contributed by atoms with E-state index in [1.807, 2.05) is 12.1 Å². The number of rotatable bonds is 8. The molecular weight excluding hydrogens is 528 g/mol. The van der Waals surface area contributed by atoms with E-state index in [0.717, 1.165) is 31.1 Å². The number of hydrogen-bond acceptors (Lipinski definition) is 8. The zero-order valence-electron chi connectivity index (χ0n) is 21.5. The van der Waals surface area contributed by atoms with Gasteiger partial charge < -0.3 is 20.5 Å². The van der Waals surface area contributed by atoms with Gasteiger partial charge in [-0.2, -0.15) is 0 Å². The Morgan fingerprint density at radius 3 is 2.67 bits per heavy atom. The maximum Gasteiger partial charge on any atom is 0.331 e. The topological polar surface area (TPSA) is 129 Å². The van der Waals surface area contributed by atoms with Gasteiger partial charge in [-0.15, -0.1) is 11.3 Å². The van der Waals surface area contributed by atoms with E-state index in [1.54, 1.807) is 53.7 Å². The van der Waals surface area contributed by atoms with Crippen molar-refractivity contribution in [2.45, 2.75) is 44.0 Å². The summed E-state index contributed by atoms with van der Waals surface area (Å²) in [5.74, 6) is 0.840. The lowest BCUT2D eigenvalue weighted by Crippen LogP contribution is -2.52.